The van der Waals surface area contributed by atoms with Crippen LogP contribution < -0.4 is 0 Å². The summed E-state index contributed by atoms with van der Waals surface area (Å²) in [7, 11) is 0. The van der Waals surface area contributed by atoms with Gasteiger partial charge in [0.25, 0.3) is 5.22 Å². The molecule has 0 bridgehead atoms. The number of aromatic nitrogens is 4. The number of rotatable bonds is 3. The van der Waals surface area contributed by atoms with Crippen LogP contribution in [-0.2, 0) is 0 Å². The van der Waals surface area contributed by atoms with Crippen molar-refractivity contribution in [3.05, 3.63) is 46.1 Å². The highest BCUT2D eigenvalue weighted by Crippen LogP contribution is 2.38. The third-order valence-electron chi connectivity index (χ3n) is 4.00. The maximum Gasteiger partial charge on any atom is 0.283 e. The number of hydrogen-bond acceptors (Lipinski definition) is 7. The van der Waals surface area contributed by atoms with E-state index in [-0.39, 0.29) is 0 Å². The summed E-state index contributed by atoms with van der Waals surface area (Å²) < 4.78 is 5.83. The van der Waals surface area contributed by atoms with E-state index in [0.29, 0.717) is 11.1 Å². The summed E-state index contributed by atoms with van der Waals surface area (Å²) in [5.41, 5.74) is 3.32. The Bertz CT molecular complexity index is 1070. The lowest BCUT2D eigenvalue weighted by Gasteiger charge is -2.02. The van der Waals surface area contributed by atoms with Crippen LogP contribution in [-0.4, -0.2) is 20.2 Å². The summed E-state index contributed by atoms with van der Waals surface area (Å²) in [5, 5.41) is 10.8. The molecule has 126 valence electrons. The Kier molecular flexibility index (Phi) is 4.05. The van der Waals surface area contributed by atoms with Crippen LogP contribution >= 0.6 is 23.1 Å². The van der Waals surface area contributed by atoms with Crippen molar-refractivity contribution in [1.82, 2.24) is 20.2 Å². The van der Waals surface area contributed by atoms with E-state index >= 15 is 0 Å². The van der Waals surface area contributed by atoms with Crippen molar-refractivity contribution in [3.8, 4) is 11.5 Å². The minimum atomic E-state index is 0.484. The molecule has 1 aromatic carbocycles. The monoisotopic (exact) mass is 368 g/mol. The Morgan fingerprint density at radius 1 is 0.960 bits per heavy atom. The zero-order valence-electron chi connectivity index (χ0n) is 14.3. The molecule has 0 unspecified atom stereocenters. The SMILES string of the molecule is Cc1ccc(-c2nnc(Sc3nc(C)nc4sc(C)c(C)c34)o2)cc1. The molecule has 0 saturated carbocycles. The molecular formula is C18H16N4OS2. The minimum Gasteiger partial charge on any atom is -0.411 e. The third kappa shape index (κ3) is 3.05. The van der Waals surface area contributed by atoms with E-state index in [4.69, 9.17) is 4.42 Å². The van der Waals surface area contributed by atoms with Gasteiger partial charge in [-0.25, -0.2) is 9.97 Å². The number of hydrogen-bond donors (Lipinski definition) is 0. The standard InChI is InChI=1S/C18H16N4OS2/c1-9-5-7-13(8-6-9)15-21-22-18(23-15)25-17-14-10(2)11(3)24-16(14)19-12(4)20-17/h5-8H,1-4H3. The van der Waals surface area contributed by atoms with Gasteiger partial charge < -0.3 is 4.42 Å². The van der Waals surface area contributed by atoms with Gasteiger partial charge in [-0.1, -0.05) is 17.7 Å². The summed E-state index contributed by atoms with van der Waals surface area (Å²) in [5.74, 6) is 1.26. The second kappa shape index (κ2) is 6.24. The van der Waals surface area contributed by atoms with Gasteiger partial charge in [0.1, 0.15) is 15.7 Å². The highest BCUT2D eigenvalue weighted by molar-refractivity contribution is 7.99. The average molecular weight is 368 g/mol. The van der Waals surface area contributed by atoms with Crippen LogP contribution in [0.5, 0.6) is 0 Å². The van der Waals surface area contributed by atoms with Crippen molar-refractivity contribution < 1.29 is 4.42 Å². The normalized spacial score (nSPS) is 11.4. The first-order valence-corrected chi connectivity index (χ1v) is 9.47. The van der Waals surface area contributed by atoms with Crippen LogP contribution in [0.15, 0.2) is 38.9 Å². The molecule has 3 heterocycles. The van der Waals surface area contributed by atoms with Crippen LogP contribution in [0, 0.1) is 27.7 Å². The summed E-state index contributed by atoms with van der Waals surface area (Å²) in [6.45, 7) is 8.16. The Labute approximate surface area is 153 Å². The van der Waals surface area contributed by atoms with Gasteiger partial charge in [-0.3, -0.25) is 0 Å². The minimum absolute atomic E-state index is 0.484. The lowest BCUT2D eigenvalue weighted by Crippen LogP contribution is -1.91. The fraction of sp³-hybridized carbons (Fsp3) is 0.222. The quantitative estimate of drug-likeness (QED) is 0.467. The van der Waals surface area contributed by atoms with E-state index in [0.717, 1.165) is 26.6 Å². The molecule has 0 amide bonds. The molecular weight excluding hydrogens is 352 g/mol. The summed E-state index contributed by atoms with van der Waals surface area (Å²) in [6, 6.07) is 8.02. The molecule has 0 radical (unpaired) electrons. The van der Waals surface area contributed by atoms with Gasteiger partial charge in [-0.15, -0.1) is 21.5 Å². The topological polar surface area (TPSA) is 64.7 Å². The van der Waals surface area contributed by atoms with Crippen molar-refractivity contribution in [2.24, 2.45) is 0 Å². The van der Waals surface area contributed by atoms with Crippen LogP contribution in [0.25, 0.3) is 21.7 Å². The first-order chi connectivity index (χ1) is 12.0. The zero-order chi connectivity index (χ0) is 17.6. The molecule has 3 aromatic heterocycles. The molecule has 4 rings (SSSR count). The molecule has 5 nitrogen and oxygen atoms in total. The van der Waals surface area contributed by atoms with Crippen molar-refractivity contribution in [1.29, 1.82) is 0 Å². The third-order valence-corrected chi connectivity index (χ3v) is 5.93. The van der Waals surface area contributed by atoms with Gasteiger partial charge in [0.15, 0.2) is 0 Å². The summed E-state index contributed by atoms with van der Waals surface area (Å²) >= 11 is 3.08. The van der Waals surface area contributed by atoms with Gasteiger partial charge in [0.2, 0.25) is 5.89 Å². The zero-order valence-corrected chi connectivity index (χ0v) is 16.0. The highest BCUT2D eigenvalue weighted by atomic mass is 32.2. The fourth-order valence-electron chi connectivity index (χ4n) is 2.53. The first kappa shape index (κ1) is 16.2. The van der Waals surface area contributed by atoms with Crippen molar-refractivity contribution >= 4 is 33.3 Å². The van der Waals surface area contributed by atoms with E-state index in [9.17, 15) is 0 Å². The first-order valence-electron chi connectivity index (χ1n) is 7.84. The molecule has 0 atom stereocenters. The molecule has 0 N–H and O–H groups in total. The van der Waals surface area contributed by atoms with Gasteiger partial charge >= 0.3 is 0 Å². The number of thiophene rings is 1. The van der Waals surface area contributed by atoms with E-state index in [1.54, 1.807) is 11.3 Å². The van der Waals surface area contributed by atoms with Gasteiger partial charge in [-0.2, -0.15) is 0 Å². The predicted molar refractivity (Wildman–Crippen MR) is 100 cm³/mol. The van der Waals surface area contributed by atoms with Crippen LogP contribution in [0.1, 0.15) is 21.8 Å². The van der Waals surface area contributed by atoms with Crippen LogP contribution in [0.2, 0.25) is 0 Å². The number of fused-ring (bicyclic) bond motifs is 1. The molecule has 0 fully saturated rings. The molecule has 0 aliphatic rings. The van der Waals surface area contributed by atoms with Crippen molar-refractivity contribution in [3.63, 3.8) is 0 Å². The van der Waals surface area contributed by atoms with Gasteiger partial charge in [0.05, 0.1) is 0 Å². The Hall–Kier alpha value is -2.25. The number of aryl methyl sites for hydroxylation is 4. The van der Waals surface area contributed by atoms with E-state index in [1.807, 2.05) is 38.1 Å². The van der Waals surface area contributed by atoms with Crippen molar-refractivity contribution in [2.75, 3.05) is 0 Å². The largest absolute Gasteiger partial charge is 0.411 e. The molecule has 0 aliphatic heterocycles. The molecule has 7 heteroatoms. The second-order valence-electron chi connectivity index (χ2n) is 5.88. The molecule has 0 aliphatic carbocycles. The highest BCUT2D eigenvalue weighted by Gasteiger charge is 2.17. The Balaban J connectivity index is 1.71. The van der Waals surface area contributed by atoms with E-state index < -0.39 is 0 Å². The Morgan fingerprint density at radius 3 is 2.48 bits per heavy atom. The number of benzene rings is 1. The number of nitrogens with zero attached hydrogens (tertiary/aromatic N) is 4. The van der Waals surface area contributed by atoms with Crippen LogP contribution in [0.3, 0.4) is 0 Å². The molecule has 0 saturated heterocycles. The van der Waals surface area contributed by atoms with Crippen molar-refractivity contribution in [2.45, 2.75) is 37.9 Å². The smallest absolute Gasteiger partial charge is 0.283 e. The summed E-state index contributed by atoms with van der Waals surface area (Å²) in [4.78, 5) is 11.4. The fourth-order valence-corrected chi connectivity index (χ4v) is 4.57. The maximum atomic E-state index is 5.83. The summed E-state index contributed by atoms with van der Waals surface area (Å²) in [6.07, 6.45) is 0. The lowest BCUT2D eigenvalue weighted by molar-refractivity contribution is 0.465. The van der Waals surface area contributed by atoms with E-state index in [2.05, 4.69) is 34.0 Å². The van der Waals surface area contributed by atoms with Gasteiger partial charge in [-0.05, 0) is 57.2 Å². The van der Waals surface area contributed by atoms with E-state index in [1.165, 1.54) is 27.8 Å². The van der Waals surface area contributed by atoms with Crippen LogP contribution in [0.4, 0.5) is 0 Å². The molecule has 0 spiro atoms. The Morgan fingerprint density at radius 2 is 1.72 bits per heavy atom. The predicted octanol–water partition coefficient (Wildman–Crippen LogP) is 5.13. The maximum absolute atomic E-state index is 5.83. The lowest BCUT2D eigenvalue weighted by atomic mass is 10.1. The second-order valence-corrected chi connectivity index (χ2v) is 8.02. The molecule has 25 heavy (non-hydrogen) atoms. The molecule has 4 aromatic rings. The van der Waals surface area contributed by atoms with Gasteiger partial charge in [0, 0.05) is 15.8 Å². The average Bonchev–Trinajstić information content (AvgIpc) is 3.13.